The molecule has 3 heterocycles. The average Bonchev–Trinajstić information content (AvgIpc) is 3.20. The maximum absolute atomic E-state index is 6.20. The second-order valence-electron chi connectivity index (χ2n) is 7.52. The number of nitrogen functional groups attached to an aromatic ring is 1. The van der Waals surface area contributed by atoms with E-state index in [0.717, 1.165) is 54.6 Å². The van der Waals surface area contributed by atoms with Gasteiger partial charge in [-0.1, -0.05) is 30.3 Å². The van der Waals surface area contributed by atoms with Crippen LogP contribution in [0.15, 0.2) is 77.3 Å². The van der Waals surface area contributed by atoms with Crippen LogP contribution in [0, 0.1) is 0 Å². The minimum absolute atomic E-state index is 0.525. The van der Waals surface area contributed by atoms with E-state index in [1.54, 1.807) is 6.20 Å². The Morgan fingerprint density at radius 2 is 1.87 bits per heavy atom. The molecule has 150 valence electrons. The first kappa shape index (κ1) is 18.4. The van der Waals surface area contributed by atoms with Crippen LogP contribution in [0.2, 0.25) is 0 Å². The number of hydrogen-bond acceptors (Lipinski definition) is 6. The summed E-state index contributed by atoms with van der Waals surface area (Å²) in [7, 11) is 0. The van der Waals surface area contributed by atoms with Crippen LogP contribution in [0.5, 0.6) is 0 Å². The predicted octanol–water partition coefficient (Wildman–Crippen LogP) is 4.62. The van der Waals surface area contributed by atoms with Crippen molar-refractivity contribution in [2.24, 2.45) is 0 Å². The van der Waals surface area contributed by atoms with Gasteiger partial charge < -0.3 is 15.5 Å². The fourth-order valence-electron chi connectivity index (χ4n) is 3.73. The van der Waals surface area contributed by atoms with E-state index in [1.807, 2.05) is 30.3 Å². The van der Waals surface area contributed by atoms with E-state index in [1.165, 1.54) is 11.1 Å². The summed E-state index contributed by atoms with van der Waals surface area (Å²) < 4.78 is 6.20. The van der Waals surface area contributed by atoms with Crippen LogP contribution in [0.1, 0.15) is 16.9 Å². The Morgan fingerprint density at radius 1 is 1.03 bits per heavy atom. The Bertz CT molecular complexity index is 1140. The molecular formula is C24H23N5O. The second-order valence-corrected chi connectivity index (χ2v) is 7.52. The van der Waals surface area contributed by atoms with Crippen LogP contribution in [0.25, 0.3) is 11.5 Å². The van der Waals surface area contributed by atoms with Gasteiger partial charge in [0.1, 0.15) is 11.5 Å². The topological polar surface area (TPSA) is 80.2 Å². The summed E-state index contributed by atoms with van der Waals surface area (Å²) in [6, 6.07) is 22.0. The zero-order valence-corrected chi connectivity index (χ0v) is 16.6. The summed E-state index contributed by atoms with van der Waals surface area (Å²) in [5, 5.41) is 3.21. The van der Waals surface area contributed by atoms with Gasteiger partial charge in [0.05, 0.1) is 6.54 Å². The number of aromatic nitrogens is 2. The smallest absolute Gasteiger partial charge is 0.227 e. The molecule has 2 aromatic heterocycles. The largest absolute Gasteiger partial charge is 0.458 e. The summed E-state index contributed by atoms with van der Waals surface area (Å²) in [5.74, 6) is 2.33. The molecule has 0 radical (unpaired) electrons. The van der Waals surface area contributed by atoms with Gasteiger partial charge in [-0.2, -0.15) is 0 Å². The molecule has 0 unspecified atom stereocenters. The highest BCUT2D eigenvalue weighted by molar-refractivity contribution is 5.60. The van der Waals surface area contributed by atoms with Gasteiger partial charge in [-0.3, -0.25) is 4.90 Å². The molecule has 4 aromatic rings. The first-order valence-electron chi connectivity index (χ1n) is 10.1. The number of rotatable bonds is 5. The van der Waals surface area contributed by atoms with Gasteiger partial charge >= 0.3 is 0 Å². The van der Waals surface area contributed by atoms with Crippen molar-refractivity contribution in [2.45, 2.75) is 19.5 Å². The van der Waals surface area contributed by atoms with Crippen LogP contribution in [-0.2, 0) is 19.5 Å². The molecule has 0 amide bonds. The van der Waals surface area contributed by atoms with E-state index < -0.39 is 0 Å². The fraction of sp³-hybridized carbons (Fsp3) is 0.167. The first-order chi connectivity index (χ1) is 14.7. The van der Waals surface area contributed by atoms with Gasteiger partial charge in [-0.05, 0) is 53.9 Å². The Kier molecular flexibility index (Phi) is 4.91. The molecule has 2 aromatic carbocycles. The SMILES string of the molecule is Nc1ccc(Nc2nccc(-c3cc4c(o3)CN(Cc3ccccc3)CC4)n2)cc1. The number of nitrogens with two attached hydrogens (primary N) is 1. The summed E-state index contributed by atoms with van der Waals surface area (Å²) in [4.78, 5) is 11.4. The summed E-state index contributed by atoms with van der Waals surface area (Å²) in [6.45, 7) is 2.76. The van der Waals surface area contributed by atoms with Crippen molar-refractivity contribution in [3.8, 4) is 11.5 Å². The molecular weight excluding hydrogens is 374 g/mol. The molecule has 0 fully saturated rings. The predicted molar refractivity (Wildman–Crippen MR) is 118 cm³/mol. The molecule has 30 heavy (non-hydrogen) atoms. The maximum atomic E-state index is 6.20. The first-order valence-corrected chi connectivity index (χ1v) is 10.1. The molecule has 0 saturated carbocycles. The van der Waals surface area contributed by atoms with Crippen LogP contribution < -0.4 is 11.1 Å². The number of fused-ring (bicyclic) bond motifs is 1. The van der Waals surface area contributed by atoms with E-state index >= 15 is 0 Å². The zero-order chi connectivity index (χ0) is 20.3. The molecule has 3 N–H and O–H groups in total. The highest BCUT2D eigenvalue weighted by atomic mass is 16.3. The lowest BCUT2D eigenvalue weighted by atomic mass is 10.1. The van der Waals surface area contributed by atoms with Crippen molar-refractivity contribution in [3.63, 3.8) is 0 Å². The second kappa shape index (κ2) is 8.00. The summed E-state index contributed by atoms with van der Waals surface area (Å²) >= 11 is 0. The van der Waals surface area contributed by atoms with Crippen molar-refractivity contribution in [1.29, 1.82) is 0 Å². The molecule has 1 aliphatic heterocycles. The van der Waals surface area contributed by atoms with Crippen LogP contribution in [-0.4, -0.2) is 21.4 Å². The van der Waals surface area contributed by atoms with Gasteiger partial charge in [0.2, 0.25) is 5.95 Å². The minimum atomic E-state index is 0.525. The van der Waals surface area contributed by atoms with E-state index in [-0.39, 0.29) is 0 Å². The van der Waals surface area contributed by atoms with Crippen LogP contribution in [0.3, 0.4) is 0 Å². The average molecular weight is 397 g/mol. The zero-order valence-electron chi connectivity index (χ0n) is 16.6. The lowest BCUT2D eigenvalue weighted by Crippen LogP contribution is -2.29. The van der Waals surface area contributed by atoms with Gasteiger partial charge in [0.25, 0.3) is 0 Å². The third-order valence-corrected chi connectivity index (χ3v) is 5.29. The molecule has 0 saturated heterocycles. The number of furan rings is 1. The number of anilines is 3. The van der Waals surface area contributed by atoms with E-state index in [0.29, 0.717) is 5.95 Å². The fourth-order valence-corrected chi connectivity index (χ4v) is 3.73. The molecule has 0 aliphatic carbocycles. The normalized spacial score (nSPS) is 13.7. The lowest BCUT2D eigenvalue weighted by Gasteiger charge is -2.25. The number of nitrogens with zero attached hydrogens (tertiary/aromatic N) is 3. The highest BCUT2D eigenvalue weighted by Gasteiger charge is 2.22. The molecule has 6 heteroatoms. The van der Waals surface area contributed by atoms with Gasteiger partial charge in [-0.15, -0.1) is 0 Å². The Morgan fingerprint density at radius 3 is 2.70 bits per heavy atom. The van der Waals surface area contributed by atoms with Gasteiger partial charge in [-0.25, -0.2) is 9.97 Å². The van der Waals surface area contributed by atoms with Gasteiger partial charge in [0.15, 0.2) is 5.76 Å². The number of hydrogen-bond donors (Lipinski definition) is 2. The lowest BCUT2D eigenvalue weighted by molar-refractivity contribution is 0.222. The molecule has 6 nitrogen and oxygen atoms in total. The van der Waals surface area contributed by atoms with Crippen molar-refractivity contribution in [3.05, 3.63) is 89.8 Å². The maximum Gasteiger partial charge on any atom is 0.227 e. The summed E-state index contributed by atoms with van der Waals surface area (Å²) in [6.07, 6.45) is 2.72. The Balaban J connectivity index is 1.32. The third-order valence-electron chi connectivity index (χ3n) is 5.29. The number of nitrogens with one attached hydrogen (secondary N) is 1. The Labute approximate surface area is 175 Å². The quantitative estimate of drug-likeness (QED) is 0.478. The standard InChI is InChI=1S/C24H23N5O/c25-19-6-8-20(9-7-19)27-24-26-12-10-21(28-24)22-14-18-11-13-29(16-23(18)30-22)15-17-4-2-1-3-5-17/h1-10,12,14H,11,13,15-16,25H2,(H,26,27,28). The van der Waals surface area contributed by atoms with Crippen molar-refractivity contribution >= 4 is 17.3 Å². The molecule has 0 atom stereocenters. The van der Waals surface area contributed by atoms with E-state index in [9.17, 15) is 0 Å². The van der Waals surface area contributed by atoms with E-state index in [4.69, 9.17) is 10.2 Å². The van der Waals surface area contributed by atoms with Crippen molar-refractivity contribution in [2.75, 3.05) is 17.6 Å². The highest BCUT2D eigenvalue weighted by Crippen LogP contribution is 2.29. The van der Waals surface area contributed by atoms with Gasteiger partial charge in [0, 0.05) is 30.7 Å². The van der Waals surface area contributed by atoms with Crippen LogP contribution >= 0.6 is 0 Å². The summed E-state index contributed by atoms with van der Waals surface area (Å²) in [5.41, 5.74) is 10.7. The Hall–Kier alpha value is -3.64. The van der Waals surface area contributed by atoms with Crippen LogP contribution in [0.4, 0.5) is 17.3 Å². The molecule has 5 rings (SSSR count). The molecule has 0 bridgehead atoms. The number of benzene rings is 2. The molecule has 1 aliphatic rings. The third kappa shape index (κ3) is 4.04. The monoisotopic (exact) mass is 397 g/mol. The van der Waals surface area contributed by atoms with Crippen molar-refractivity contribution in [1.82, 2.24) is 14.9 Å². The molecule has 0 spiro atoms. The van der Waals surface area contributed by atoms with E-state index in [2.05, 4.69) is 56.6 Å². The minimum Gasteiger partial charge on any atom is -0.458 e. The van der Waals surface area contributed by atoms with Crippen molar-refractivity contribution < 1.29 is 4.42 Å².